The van der Waals surface area contributed by atoms with Crippen molar-refractivity contribution in [3.8, 4) is 28.6 Å². The lowest BCUT2D eigenvalue weighted by Gasteiger charge is -2.19. The molecule has 10 nitrogen and oxygen atoms in total. The molecule has 3 rings (SSSR count). The van der Waals surface area contributed by atoms with Gasteiger partial charge in [0, 0.05) is 38.3 Å². The molecule has 0 radical (unpaired) electrons. The number of aromatic nitrogens is 2. The fourth-order valence-electron chi connectivity index (χ4n) is 3.34. The molecule has 0 saturated heterocycles. The largest absolute Gasteiger partial charge is 0.493 e. The molecular formula is C21H31N3O7. The van der Waals surface area contributed by atoms with Gasteiger partial charge in [-0.1, -0.05) is 0 Å². The molecule has 10 heteroatoms. The summed E-state index contributed by atoms with van der Waals surface area (Å²) in [5.41, 5.74) is 6.95. The number of imidazole rings is 1. The van der Waals surface area contributed by atoms with E-state index in [0.29, 0.717) is 23.3 Å². The molecule has 4 N–H and O–H groups in total. The molecule has 0 amide bonds. The molecule has 0 spiro atoms. The van der Waals surface area contributed by atoms with Gasteiger partial charge in [-0.15, -0.1) is 0 Å². The number of rotatable bonds is 5. The number of nitrogens with zero attached hydrogens (tertiary/aromatic N) is 2. The van der Waals surface area contributed by atoms with Crippen molar-refractivity contribution in [1.82, 2.24) is 9.55 Å². The minimum Gasteiger partial charge on any atom is -0.493 e. The van der Waals surface area contributed by atoms with Crippen LogP contribution in [0.2, 0.25) is 0 Å². The predicted molar refractivity (Wildman–Crippen MR) is 115 cm³/mol. The molecule has 2 aromatic rings. The smallest absolute Gasteiger partial charge is 0.300 e. The molecule has 31 heavy (non-hydrogen) atoms. The molecule has 0 bridgehead atoms. The standard InChI is InChI=1S/C17H23N3O3.2C2H4O2/c1-21-14-7-6-13(15(22-2)16(14)23-3)17-19-8-9-20(17)12-5-4-11(18)10-12;2*1-2(3)4/h6-9,11-12H,4-5,10,18H2,1-3H3;2*1H3,(H,3,4)/t11-,12-;;/m1../s1. The van der Waals surface area contributed by atoms with Crippen LogP contribution in [0.1, 0.15) is 39.2 Å². The van der Waals surface area contributed by atoms with Crippen LogP contribution in [0.25, 0.3) is 11.4 Å². The van der Waals surface area contributed by atoms with Gasteiger partial charge in [-0.3, -0.25) is 9.59 Å². The second kappa shape index (κ2) is 12.4. The van der Waals surface area contributed by atoms with Gasteiger partial charge >= 0.3 is 0 Å². The highest BCUT2D eigenvalue weighted by Gasteiger charge is 2.27. The Hall–Kier alpha value is -3.27. The Labute approximate surface area is 181 Å². The topological polar surface area (TPSA) is 146 Å². The lowest BCUT2D eigenvalue weighted by molar-refractivity contribution is -0.135. The number of nitrogens with two attached hydrogens (primary N) is 1. The molecule has 2 atom stereocenters. The molecular weight excluding hydrogens is 406 g/mol. The van der Waals surface area contributed by atoms with Crippen molar-refractivity contribution in [3.05, 3.63) is 24.5 Å². The second-order valence-electron chi connectivity index (χ2n) is 6.80. The van der Waals surface area contributed by atoms with Crippen molar-refractivity contribution in [2.45, 2.75) is 45.2 Å². The number of ether oxygens (including phenoxy) is 3. The van der Waals surface area contributed by atoms with Crippen molar-refractivity contribution in [2.24, 2.45) is 5.73 Å². The molecule has 172 valence electrons. The molecule has 1 aliphatic rings. The Bertz CT molecular complexity index is 847. The predicted octanol–water partition coefficient (Wildman–Crippen LogP) is 2.81. The van der Waals surface area contributed by atoms with Gasteiger partial charge in [0.1, 0.15) is 5.82 Å². The van der Waals surface area contributed by atoms with Crippen molar-refractivity contribution < 1.29 is 34.0 Å². The number of hydrogen-bond acceptors (Lipinski definition) is 7. The van der Waals surface area contributed by atoms with Crippen LogP contribution >= 0.6 is 0 Å². The zero-order valence-electron chi connectivity index (χ0n) is 18.5. The summed E-state index contributed by atoms with van der Waals surface area (Å²) in [6.45, 7) is 2.17. The van der Waals surface area contributed by atoms with Gasteiger partial charge < -0.3 is 34.7 Å². The van der Waals surface area contributed by atoms with Crippen LogP contribution in [-0.4, -0.2) is 59.1 Å². The van der Waals surface area contributed by atoms with Gasteiger partial charge in [-0.2, -0.15) is 0 Å². The van der Waals surface area contributed by atoms with E-state index in [1.54, 1.807) is 21.3 Å². The minimum absolute atomic E-state index is 0.266. The first kappa shape index (κ1) is 25.8. The van der Waals surface area contributed by atoms with Crippen LogP contribution in [0.4, 0.5) is 0 Å². The molecule has 1 aromatic heterocycles. The fraction of sp³-hybridized carbons (Fsp3) is 0.476. The Morgan fingerprint density at radius 1 is 1.03 bits per heavy atom. The lowest BCUT2D eigenvalue weighted by Crippen LogP contribution is -2.16. The summed E-state index contributed by atoms with van der Waals surface area (Å²) in [5.74, 6) is 1.03. The van der Waals surface area contributed by atoms with Crippen LogP contribution in [0.3, 0.4) is 0 Å². The van der Waals surface area contributed by atoms with Crippen molar-refractivity contribution in [2.75, 3.05) is 21.3 Å². The first-order valence-corrected chi connectivity index (χ1v) is 9.62. The van der Waals surface area contributed by atoms with E-state index < -0.39 is 11.9 Å². The first-order valence-electron chi connectivity index (χ1n) is 9.62. The number of methoxy groups -OCH3 is 3. The van der Waals surface area contributed by atoms with E-state index in [-0.39, 0.29) is 6.04 Å². The molecule has 1 heterocycles. The van der Waals surface area contributed by atoms with Gasteiger partial charge in [0.2, 0.25) is 5.75 Å². The van der Waals surface area contributed by atoms with E-state index in [1.807, 2.05) is 24.5 Å². The normalized spacial score (nSPS) is 16.8. The highest BCUT2D eigenvalue weighted by molar-refractivity contribution is 5.72. The third-order valence-corrected chi connectivity index (χ3v) is 4.45. The zero-order valence-corrected chi connectivity index (χ0v) is 18.5. The molecule has 0 unspecified atom stereocenters. The molecule has 1 aromatic carbocycles. The summed E-state index contributed by atoms with van der Waals surface area (Å²) in [4.78, 5) is 22.5. The fourth-order valence-corrected chi connectivity index (χ4v) is 3.34. The van der Waals surface area contributed by atoms with Crippen molar-refractivity contribution in [3.63, 3.8) is 0 Å². The maximum absolute atomic E-state index is 9.00. The molecule has 1 aliphatic carbocycles. The van der Waals surface area contributed by atoms with Crippen LogP contribution < -0.4 is 19.9 Å². The third-order valence-electron chi connectivity index (χ3n) is 4.45. The maximum Gasteiger partial charge on any atom is 0.300 e. The highest BCUT2D eigenvalue weighted by atomic mass is 16.5. The Kier molecular flexibility index (Phi) is 10.3. The molecule has 1 fully saturated rings. The Morgan fingerprint density at radius 2 is 1.61 bits per heavy atom. The maximum atomic E-state index is 9.00. The summed E-state index contributed by atoms with van der Waals surface area (Å²) in [6, 6.07) is 4.46. The third kappa shape index (κ3) is 7.49. The van der Waals surface area contributed by atoms with E-state index in [0.717, 1.165) is 44.5 Å². The van der Waals surface area contributed by atoms with Crippen LogP contribution in [0.15, 0.2) is 24.5 Å². The van der Waals surface area contributed by atoms with Gasteiger partial charge in [0.25, 0.3) is 11.9 Å². The number of hydrogen-bond donors (Lipinski definition) is 3. The van der Waals surface area contributed by atoms with Gasteiger partial charge in [0.05, 0.1) is 26.9 Å². The number of carbonyl (C=O) groups is 2. The average Bonchev–Trinajstić information content (AvgIpc) is 3.34. The van der Waals surface area contributed by atoms with Crippen LogP contribution in [0.5, 0.6) is 17.2 Å². The van der Waals surface area contributed by atoms with E-state index in [9.17, 15) is 0 Å². The SMILES string of the molecule is CC(=O)O.CC(=O)O.COc1ccc(-c2nccn2[C@@H]2CC[C@@H](N)C2)c(OC)c1OC. The first-order chi connectivity index (χ1) is 14.7. The number of aliphatic carboxylic acids is 2. The van der Waals surface area contributed by atoms with Gasteiger partial charge in [-0.05, 0) is 31.4 Å². The molecule has 0 aliphatic heterocycles. The summed E-state index contributed by atoms with van der Waals surface area (Å²) in [6.07, 6.45) is 6.91. The van der Waals surface area contributed by atoms with Gasteiger partial charge in [-0.25, -0.2) is 4.98 Å². The average molecular weight is 437 g/mol. The quantitative estimate of drug-likeness (QED) is 0.642. The summed E-state index contributed by atoms with van der Waals surface area (Å²) >= 11 is 0. The van der Waals surface area contributed by atoms with Crippen LogP contribution in [-0.2, 0) is 9.59 Å². The second-order valence-corrected chi connectivity index (χ2v) is 6.80. The monoisotopic (exact) mass is 437 g/mol. The lowest BCUT2D eigenvalue weighted by atomic mass is 10.1. The summed E-state index contributed by atoms with van der Waals surface area (Å²) < 4.78 is 18.6. The number of benzene rings is 1. The Morgan fingerprint density at radius 3 is 2.06 bits per heavy atom. The van der Waals surface area contributed by atoms with E-state index in [1.165, 1.54) is 0 Å². The highest BCUT2D eigenvalue weighted by Crippen LogP contribution is 2.44. The van der Waals surface area contributed by atoms with Crippen molar-refractivity contribution in [1.29, 1.82) is 0 Å². The molecule has 1 saturated carbocycles. The zero-order chi connectivity index (χ0) is 23.6. The number of carboxylic acid groups (broad SMARTS) is 2. The summed E-state index contributed by atoms with van der Waals surface area (Å²) in [7, 11) is 4.84. The van der Waals surface area contributed by atoms with E-state index in [2.05, 4.69) is 9.55 Å². The van der Waals surface area contributed by atoms with E-state index in [4.69, 9.17) is 39.7 Å². The summed E-state index contributed by atoms with van der Waals surface area (Å²) in [5, 5.41) is 14.8. The Balaban J connectivity index is 0.000000519. The van der Waals surface area contributed by atoms with Crippen LogP contribution in [0, 0.1) is 0 Å². The van der Waals surface area contributed by atoms with Crippen molar-refractivity contribution >= 4 is 11.9 Å². The van der Waals surface area contributed by atoms with E-state index >= 15 is 0 Å². The number of carboxylic acids is 2. The minimum atomic E-state index is -0.833. The van der Waals surface area contributed by atoms with Gasteiger partial charge in [0.15, 0.2) is 11.5 Å².